The smallest absolute Gasteiger partial charge is 0.319 e. The molecular formula is C17H31ClN4O2. The van der Waals surface area contributed by atoms with Crippen LogP contribution in [0.25, 0.3) is 0 Å². The third-order valence-corrected chi connectivity index (χ3v) is 5.80. The molecule has 6 nitrogen and oxygen atoms in total. The van der Waals surface area contributed by atoms with Crippen molar-refractivity contribution in [1.82, 2.24) is 15.1 Å². The molecule has 2 aliphatic heterocycles. The number of carbonyl (C=O) groups is 2. The van der Waals surface area contributed by atoms with Gasteiger partial charge in [0.05, 0.1) is 0 Å². The lowest BCUT2D eigenvalue weighted by atomic mass is 9.94. The summed E-state index contributed by atoms with van der Waals surface area (Å²) in [5.74, 6) is 0.663. The number of likely N-dealkylation sites (tertiary alicyclic amines) is 2. The van der Waals surface area contributed by atoms with Gasteiger partial charge in [-0.05, 0) is 51.0 Å². The van der Waals surface area contributed by atoms with Crippen molar-refractivity contribution in [1.29, 1.82) is 0 Å². The predicted octanol–water partition coefficient (Wildman–Crippen LogP) is 1.58. The molecule has 7 heteroatoms. The van der Waals surface area contributed by atoms with E-state index < -0.39 is 0 Å². The van der Waals surface area contributed by atoms with Crippen molar-refractivity contribution in [3.05, 3.63) is 0 Å². The molecular weight excluding hydrogens is 328 g/mol. The van der Waals surface area contributed by atoms with Gasteiger partial charge in [-0.3, -0.25) is 4.79 Å². The van der Waals surface area contributed by atoms with Gasteiger partial charge < -0.3 is 20.9 Å². The lowest BCUT2D eigenvalue weighted by Gasteiger charge is -2.34. The highest BCUT2D eigenvalue weighted by atomic mass is 35.5. The normalized spacial score (nSPS) is 27.9. The number of piperidine rings is 1. The molecule has 2 unspecified atom stereocenters. The van der Waals surface area contributed by atoms with E-state index in [0.29, 0.717) is 25.6 Å². The number of nitrogens with one attached hydrogen (secondary N) is 1. The van der Waals surface area contributed by atoms with E-state index in [1.165, 1.54) is 0 Å². The molecule has 0 bridgehead atoms. The number of amides is 3. The fourth-order valence-electron chi connectivity index (χ4n) is 4.25. The molecule has 3 amide bonds. The maximum Gasteiger partial charge on any atom is 0.319 e. The number of hydrogen-bond acceptors (Lipinski definition) is 3. The zero-order valence-electron chi connectivity index (χ0n) is 14.4. The van der Waals surface area contributed by atoms with Crippen LogP contribution in [-0.2, 0) is 4.79 Å². The summed E-state index contributed by atoms with van der Waals surface area (Å²) in [6, 6.07) is 0.428. The predicted molar refractivity (Wildman–Crippen MR) is 96.1 cm³/mol. The number of rotatable bonds is 3. The first-order valence-corrected chi connectivity index (χ1v) is 9.23. The molecule has 2 saturated heterocycles. The Morgan fingerprint density at radius 3 is 2.17 bits per heavy atom. The van der Waals surface area contributed by atoms with Crippen LogP contribution in [0, 0.1) is 11.8 Å². The molecule has 24 heavy (non-hydrogen) atoms. The molecule has 3 N–H and O–H groups in total. The standard InChI is InChI=1S/C17H30N4O2.ClH/c18-12-14-4-3-5-15(14)19-16(22)13-6-10-21(11-7-13)17(23)20-8-1-2-9-20;/h13-15H,1-12,18H2,(H,19,22);1H. The molecule has 2 atom stereocenters. The van der Waals surface area contributed by atoms with Gasteiger partial charge in [-0.2, -0.15) is 0 Å². The largest absolute Gasteiger partial charge is 0.353 e. The van der Waals surface area contributed by atoms with Crippen LogP contribution in [-0.4, -0.2) is 60.5 Å². The monoisotopic (exact) mass is 358 g/mol. The number of nitrogens with zero attached hydrogens (tertiary/aromatic N) is 2. The maximum absolute atomic E-state index is 12.5. The van der Waals surface area contributed by atoms with Crippen LogP contribution in [0.3, 0.4) is 0 Å². The van der Waals surface area contributed by atoms with Gasteiger partial charge in [-0.1, -0.05) is 6.42 Å². The summed E-state index contributed by atoms with van der Waals surface area (Å²) in [5.41, 5.74) is 5.79. The molecule has 138 valence electrons. The van der Waals surface area contributed by atoms with E-state index in [-0.39, 0.29) is 36.3 Å². The number of halogens is 1. The summed E-state index contributed by atoms with van der Waals surface area (Å²) in [6.07, 6.45) is 7.15. The van der Waals surface area contributed by atoms with Crippen LogP contribution in [0.5, 0.6) is 0 Å². The molecule has 2 heterocycles. The molecule has 3 aliphatic rings. The first-order valence-electron chi connectivity index (χ1n) is 9.23. The van der Waals surface area contributed by atoms with E-state index in [0.717, 1.165) is 58.0 Å². The summed E-state index contributed by atoms with van der Waals surface area (Å²) in [4.78, 5) is 28.7. The Bertz CT molecular complexity index is 434. The van der Waals surface area contributed by atoms with Crippen LogP contribution < -0.4 is 11.1 Å². The molecule has 0 aromatic carbocycles. The van der Waals surface area contributed by atoms with Crippen LogP contribution in [0.1, 0.15) is 44.9 Å². The second kappa shape index (κ2) is 8.90. The summed E-state index contributed by atoms with van der Waals surface area (Å²) < 4.78 is 0. The van der Waals surface area contributed by atoms with E-state index in [2.05, 4.69) is 5.32 Å². The quantitative estimate of drug-likeness (QED) is 0.804. The van der Waals surface area contributed by atoms with E-state index in [9.17, 15) is 9.59 Å². The lowest BCUT2D eigenvalue weighted by Crippen LogP contribution is -2.49. The first-order chi connectivity index (χ1) is 11.2. The van der Waals surface area contributed by atoms with E-state index in [1.807, 2.05) is 9.80 Å². The number of nitrogens with two attached hydrogens (primary N) is 1. The van der Waals surface area contributed by atoms with Gasteiger partial charge in [0.25, 0.3) is 0 Å². The lowest BCUT2D eigenvalue weighted by molar-refractivity contribution is -0.127. The summed E-state index contributed by atoms with van der Waals surface area (Å²) in [6.45, 7) is 3.85. The summed E-state index contributed by atoms with van der Waals surface area (Å²) >= 11 is 0. The fraction of sp³-hybridized carbons (Fsp3) is 0.882. The number of hydrogen-bond donors (Lipinski definition) is 2. The molecule has 3 fully saturated rings. The van der Waals surface area contributed by atoms with Crippen LogP contribution in [0.2, 0.25) is 0 Å². The third kappa shape index (κ3) is 4.33. The van der Waals surface area contributed by atoms with Gasteiger partial charge in [0.2, 0.25) is 5.91 Å². The first kappa shape index (κ1) is 19.3. The summed E-state index contributed by atoms with van der Waals surface area (Å²) in [7, 11) is 0. The van der Waals surface area contributed by atoms with Gasteiger partial charge in [-0.15, -0.1) is 12.4 Å². The van der Waals surface area contributed by atoms with E-state index >= 15 is 0 Å². The van der Waals surface area contributed by atoms with Gasteiger partial charge in [0.1, 0.15) is 0 Å². The number of urea groups is 1. The highest BCUT2D eigenvalue weighted by Gasteiger charge is 2.33. The second-order valence-electron chi connectivity index (χ2n) is 7.28. The molecule has 0 aromatic heterocycles. The van der Waals surface area contributed by atoms with Crippen molar-refractivity contribution < 1.29 is 9.59 Å². The van der Waals surface area contributed by atoms with Crippen molar-refractivity contribution >= 4 is 24.3 Å². The van der Waals surface area contributed by atoms with Crippen LogP contribution in [0.15, 0.2) is 0 Å². The molecule has 1 aliphatic carbocycles. The molecule has 3 rings (SSSR count). The Morgan fingerprint density at radius 1 is 0.917 bits per heavy atom. The highest BCUT2D eigenvalue weighted by Crippen LogP contribution is 2.26. The fourth-order valence-corrected chi connectivity index (χ4v) is 4.25. The van der Waals surface area contributed by atoms with Crippen molar-refractivity contribution in [2.75, 3.05) is 32.7 Å². The topological polar surface area (TPSA) is 78.7 Å². The van der Waals surface area contributed by atoms with E-state index in [4.69, 9.17) is 5.73 Å². The Labute approximate surface area is 150 Å². The Kier molecular flexibility index (Phi) is 7.16. The average molecular weight is 359 g/mol. The van der Waals surface area contributed by atoms with E-state index in [1.54, 1.807) is 0 Å². The zero-order valence-corrected chi connectivity index (χ0v) is 15.2. The van der Waals surface area contributed by atoms with Gasteiger partial charge in [-0.25, -0.2) is 4.79 Å². The minimum absolute atomic E-state index is 0. The number of carbonyl (C=O) groups excluding carboxylic acids is 2. The van der Waals surface area contributed by atoms with Gasteiger partial charge in [0.15, 0.2) is 0 Å². The Hall–Kier alpha value is -1.01. The Balaban J connectivity index is 0.00000208. The van der Waals surface area contributed by atoms with Crippen LogP contribution in [0.4, 0.5) is 4.79 Å². The third-order valence-electron chi connectivity index (χ3n) is 5.80. The second-order valence-corrected chi connectivity index (χ2v) is 7.28. The maximum atomic E-state index is 12.5. The molecule has 0 radical (unpaired) electrons. The molecule has 1 saturated carbocycles. The average Bonchev–Trinajstić information content (AvgIpc) is 3.25. The molecule has 0 spiro atoms. The van der Waals surface area contributed by atoms with Crippen molar-refractivity contribution in [3.8, 4) is 0 Å². The van der Waals surface area contributed by atoms with Crippen molar-refractivity contribution in [3.63, 3.8) is 0 Å². The highest BCUT2D eigenvalue weighted by molar-refractivity contribution is 5.85. The zero-order chi connectivity index (χ0) is 16.2. The van der Waals surface area contributed by atoms with Crippen LogP contribution >= 0.6 is 12.4 Å². The van der Waals surface area contributed by atoms with Crippen molar-refractivity contribution in [2.24, 2.45) is 17.6 Å². The minimum Gasteiger partial charge on any atom is -0.353 e. The van der Waals surface area contributed by atoms with Gasteiger partial charge in [0, 0.05) is 38.1 Å². The molecule has 0 aromatic rings. The Morgan fingerprint density at radius 2 is 1.54 bits per heavy atom. The van der Waals surface area contributed by atoms with Crippen molar-refractivity contribution in [2.45, 2.75) is 51.0 Å². The minimum atomic E-state index is 0. The summed E-state index contributed by atoms with van der Waals surface area (Å²) in [5, 5.41) is 3.22. The SMILES string of the molecule is Cl.NCC1CCCC1NC(=O)C1CCN(C(=O)N2CCCC2)CC1. The van der Waals surface area contributed by atoms with Gasteiger partial charge >= 0.3 is 6.03 Å².